The van der Waals surface area contributed by atoms with E-state index in [-0.39, 0.29) is 5.75 Å². The lowest BCUT2D eigenvalue weighted by Gasteiger charge is -2.29. The molecule has 1 aliphatic rings. The second-order valence-electron chi connectivity index (χ2n) is 6.35. The van der Waals surface area contributed by atoms with E-state index in [1.807, 2.05) is 13.0 Å². The van der Waals surface area contributed by atoms with Crippen LogP contribution in [0.25, 0.3) is 0 Å². The van der Waals surface area contributed by atoms with Crippen LogP contribution in [0.2, 0.25) is 5.02 Å². The molecule has 0 spiro atoms. The molecule has 0 bridgehead atoms. The number of rotatable bonds is 3. The number of nitrogens with zero attached hydrogens (tertiary/aromatic N) is 2. The molecule has 0 aliphatic carbocycles. The number of carbonyl (C=O) groups is 1. The number of amides is 1. The van der Waals surface area contributed by atoms with Crippen molar-refractivity contribution < 1.29 is 13.2 Å². The van der Waals surface area contributed by atoms with Gasteiger partial charge >= 0.3 is 0 Å². The number of sulfonamides is 1. The zero-order chi connectivity index (χ0) is 19.6. The molecule has 1 aliphatic heterocycles. The average molecular weight is 404 g/mol. The molecule has 27 heavy (non-hydrogen) atoms. The minimum atomic E-state index is -3.38. The molecule has 3 rings (SSSR count). The normalized spacial score (nSPS) is 15.8. The van der Waals surface area contributed by atoms with Gasteiger partial charge in [-0.25, -0.2) is 8.42 Å². The molecule has 1 saturated heterocycles. The van der Waals surface area contributed by atoms with Gasteiger partial charge in [0.15, 0.2) is 0 Å². The van der Waals surface area contributed by atoms with E-state index in [0.29, 0.717) is 40.5 Å². The van der Waals surface area contributed by atoms with Crippen LogP contribution in [0.4, 0.5) is 11.4 Å². The molecule has 6 nitrogen and oxygen atoms in total. The molecule has 0 unspecified atom stereocenters. The van der Waals surface area contributed by atoms with Gasteiger partial charge in [-0.15, -0.1) is 0 Å². The monoisotopic (exact) mass is 403 g/mol. The van der Waals surface area contributed by atoms with Crippen molar-refractivity contribution in [2.45, 2.75) is 19.8 Å². The quantitative estimate of drug-likeness (QED) is 0.845. The second-order valence-corrected chi connectivity index (χ2v) is 8.80. The lowest BCUT2D eigenvalue weighted by Crippen LogP contribution is -2.38. The van der Waals surface area contributed by atoms with Crippen LogP contribution < -0.4 is 9.62 Å². The summed E-state index contributed by atoms with van der Waals surface area (Å²) < 4.78 is 26.2. The maximum Gasteiger partial charge on any atom is 0.255 e. The number of halogens is 1. The number of nitriles is 1. The van der Waals surface area contributed by atoms with Crippen molar-refractivity contribution >= 4 is 38.9 Å². The summed E-state index contributed by atoms with van der Waals surface area (Å²) in [6.45, 7) is 2.22. The number of carbonyl (C=O) groups excluding carboxylic acids is 1. The van der Waals surface area contributed by atoms with Gasteiger partial charge in [0, 0.05) is 17.1 Å². The van der Waals surface area contributed by atoms with E-state index in [0.717, 1.165) is 12.0 Å². The number of aryl methyl sites for hydroxylation is 1. The Hall–Kier alpha value is -2.56. The molecular formula is C19H18ClN3O3S. The van der Waals surface area contributed by atoms with Gasteiger partial charge in [0.1, 0.15) is 6.07 Å². The minimum absolute atomic E-state index is 0.108. The van der Waals surface area contributed by atoms with Crippen LogP contribution in [0.15, 0.2) is 36.4 Å². The van der Waals surface area contributed by atoms with Gasteiger partial charge in [0.05, 0.1) is 22.7 Å². The fourth-order valence-electron chi connectivity index (χ4n) is 2.99. The van der Waals surface area contributed by atoms with Gasteiger partial charge in [0.2, 0.25) is 10.0 Å². The van der Waals surface area contributed by atoms with E-state index in [1.54, 1.807) is 24.3 Å². The highest BCUT2D eigenvalue weighted by atomic mass is 35.5. The summed E-state index contributed by atoms with van der Waals surface area (Å²) in [5.41, 5.74) is 2.19. The first-order valence-corrected chi connectivity index (χ1v) is 10.4. The SMILES string of the molecule is Cc1ccc(C(=O)Nc2cc(Cl)ccc2C#N)cc1N1CCCCS1(=O)=O. The zero-order valence-corrected chi connectivity index (χ0v) is 16.3. The topological polar surface area (TPSA) is 90.3 Å². The summed E-state index contributed by atoms with van der Waals surface area (Å²) in [5, 5.41) is 12.3. The van der Waals surface area contributed by atoms with Crippen molar-refractivity contribution in [3.8, 4) is 6.07 Å². The average Bonchev–Trinajstić information content (AvgIpc) is 2.62. The van der Waals surface area contributed by atoms with E-state index in [1.165, 1.54) is 16.4 Å². The van der Waals surface area contributed by atoms with Gasteiger partial charge in [-0.2, -0.15) is 5.26 Å². The van der Waals surface area contributed by atoms with Crippen molar-refractivity contribution in [3.63, 3.8) is 0 Å². The van der Waals surface area contributed by atoms with E-state index < -0.39 is 15.9 Å². The number of anilines is 2. The van der Waals surface area contributed by atoms with Crippen molar-refractivity contribution in [1.29, 1.82) is 5.26 Å². The van der Waals surface area contributed by atoms with Crippen LogP contribution in [-0.4, -0.2) is 26.6 Å². The summed E-state index contributed by atoms with van der Waals surface area (Å²) in [5.74, 6) is -0.332. The van der Waals surface area contributed by atoms with E-state index in [4.69, 9.17) is 11.6 Å². The number of nitrogens with one attached hydrogen (secondary N) is 1. The highest BCUT2D eigenvalue weighted by Gasteiger charge is 2.27. The number of benzene rings is 2. The first-order chi connectivity index (χ1) is 12.8. The van der Waals surface area contributed by atoms with Gasteiger partial charge in [-0.3, -0.25) is 9.10 Å². The Kier molecular flexibility index (Phi) is 5.40. The molecule has 0 saturated carbocycles. The fraction of sp³-hybridized carbons (Fsp3) is 0.263. The first kappa shape index (κ1) is 19.2. The fourth-order valence-corrected chi connectivity index (χ4v) is 4.86. The summed E-state index contributed by atoms with van der Waals surface area (Å²) in [6, 6.07) is 11.5. The Balaban J connectivity index is 1.93. The largest absolute Gasteiger partial charge is 0.321 e. The summed E-state index contributed by atoms with van der Waals surface area (Å²) in [7, 11) is -3.38. The van der Waals surface area contributed by atoms with Crippen LogP contribution in [0, 0.1) is 18.3 Å². The lowest BCUT2D eigenvalue weighted by molar-refractivity contribution is 0.102. The molecule has 2 aromatic rings. The zero-order valence-electron chi connectivity index (χ0n) is 14.7. The third kappa shape index (κ3) is 4.07. The molecule has 2 aromatic carbocycles. The number of hydrogen-bond donors (Lipinski definition) is 1. The summed E-state index contributed by atoms with van der Waals surface area (Å²) in [6.07, 6.45) is 1.42. The Bertz CT molecular complexity index is 1040. The molecule has 1 N–H and O–H groups in total. The Morgan fingerprint density at radius 2 is 2.00 bits per heavy atom. The summed E-state index contributed by atoms with van der Waals surface area (Å²) >= 11 is 5.95. The Morgan fingerprint density at radius 1 is 1.22 bits per heavy atom. The van der Waals surface area contributed by atoms with Gasteiger partial charge in [-0.05, 0) is 55.7 Å². The Morgan fingerprint density at radius 3 is 2.70 bits per heavy atom. The Labute approximate surface area is 163 Å². The lowest BCUT2D eigenvalue weighted by atomic mass is 10.1. The van der Waals surface area contributed by atoms with Gasteiger partial charge in [0.25, 0.3) is 5.91 Å². The predicted octanol–water partition coefficient (Wildman–Crippen LogP) is 3.70. The standard InChI is InChI=1S/C19H18ClN3O3S/c1-13-4-5-14(10-18(13)23-8-2-3-9-27(23,25)26)19(24)22-17-11-16(20)7-6-15(17)12-21/h4-7,10-11H,2-3,8-9H2,1H3,(H,22,24). The van der Waals surface area contributed by atoms with Crippen LogP contribution in [0.5, 0.6) is 0 Å². The maximum atomic E-state index is 12.7. The highest BCUT2D eigenvalue weighted by molar-refractivity contribution is 7.92. The molecule has 140 valence electrons. The van der Waals surface area contributed by atoms with Crippen LogP contribution in [0.3, 0.4) is 0 Å². The molecule has 1 heterocycles. The molecule has 8 heteroatoms. The first-order valence-electron chi connectivity index (χ1n) is 8.44. The smallest absolute Gasteiger partial charge is 0.255 e. The van der Waals surface area contributed by atoms with Crippen LogP contribution in [0.1, 0.15) is 34.3 Å². The molecule has 1 fully saturated rings. The molecule has 0 atom stereocenters. The third-order valence-corrected chi connectivity index (χ3v) is 6.53. The van der Waals surface area contributed by atoms with Crippen molar-refractivity contribution in [3.05, 3.63) is 58.1 Å². The number of hydrogen-bond acceptors (Lipinski definition) is 4. The summed E-state index contributed by atoms with van der Waals surface area (Å²) in [4.78, 5) is 12.7. The van der Waals surface area contributed by atoms with Crippen LogP contribution >= 0.6 is 11.6 Å². The molecule has 0 aromatic heterocycles. The highest BCUT2D eigenvalue weighted by Crippen LogP contribution is 2.28. The van der Waals surface area contributed by atoms with E-state index in [2.05, 4.69) is 5.32 Å². The van der Waals surface area contributed by atoms with Crippen molar-refractivity contribution in [2.75, 3.05) is 21.9 Å². The minimum Gasteiger partial charge on any atom is -0.321 e. The molecule has 1 amide bonds. The second kappa shape index (κ2) is 7.59. The van der Waals surface area contributed by atoms with Crippen LogP contribution in [-0.2, 0) is 10.0 Å². The van der Waals surface area contributed by atoms with Crippen molar-refractivity contribution in [1.82, 2.24) is 0 Å². The van der Waals surface area contributed by atoms with Gasteiger partial charge < -0.3 is 5.32 Å². The third-order valence-electron chi connectivity index (χ3n) is 4.44. The molecular weight excluding hydrogens is 386 g/mol. The van der Waals surface area contributed by atoms with Crippen molar-refractivity contribution in [2.24, 2.45) is 0 Å². The predicted molar refractivity (Wildman–Crippen MR) is 106 cm³/mol. The van der Waals surface area contributed by atoms with E-state index >= 15 is 0 Å². The van der Waals surface area contributed by atoms with Gasteiger partial charge in [-0.1, -0.05) is 17.7 Å². The van der Waals surface area contributed by atoms with E-state index in [9.17, 15) is 18.5 Å². The molecule has 0 radical (unpaired) electrons. The maximum absolute atomic E-state index is 12.7.